The highest BCUT2D eigenvalue weighted by atomic mass is 15.2. The largest absolute Gasteiger partial charge is 0.315 e. The molecule has 2 heteroatoms. The molecular weight excluding hydrogens is 184 g/mol. The number of hydrogen-bond acceptors (Lipinski definition) is 2. The molecule has 0 aliphatic carbocycles. The molecule has 0 amide bonds. The quantitative estimate of drug-likeness (QED) is 0.625. The molecule has 0 fully saturated rings. The molecule has 0 spiro atoms. The van der Waals surface area contributed by atoms with Gasteiger partial charge in [0, 0.05) is 11.6 Å². The van der Waals surface area contributed by atoms with Crippen molar-refractivity contribution in [1.29, 1.82) is 0 Å². The first-order valence-corrected chi connectivity index (χ1v) is 6.31. The summed E-state index contributed by atoms with van der Waals surface area (Å²) in [4.78, 5) is 2.31. The molecule has 1 unspecified atom stereocenters. The van der Waals surface area contributed by atoms with Gasteiger partial charge in [0.1, 0.15) is 0 Å². The van der Waals surface area contributed by atoms with Gasteiger partial charge in [0.25, 0.3) is 0 Å². The Balaban J connectivity index is 4.01. The molecule has 0 aromatic rings. The van der Waals surface area contributed by atoms with Crippen LogP contribution in [0, 0.1) is 0 Å². The van der Waals surface area contributed by atoms with Gasteiger partial charge in [-0.2, -0.15) is 0 Å². The van der Waals surface area contributed by atoms with Crippen LogP contribution in [0.25, 0.3) is 0 Å². The zero-order valence-electron chi connectivity index (χ0n) is 11.6. The molecule has 15 heavy (non-hydrogen) atoms. The van der Waals surface area contributed by atoms with Crippen LogP contribution in [-0.4, -0.2) is 37.6 Å². The van der Waals surface area contributed by atoms with Crippen LogP contribution in [0.4, 0.5) is 0 Å². The van der Waals surface area contributed by atoms with Gasteiger partial charge in [0.15, 0.2) is 0 Å². The van der Waals surface area contributed by atoms with E-state index in [0.29, 0.717) is 6.04 Å². The fourth-order valence-electron chi connectivity index (χ4n) is 1.94. The van der Waals surface area contributed by atoms with Crippen molar-refractivity contribution in [2.24, 2.45) is 0 Å². The van der Waals surface area contributed by atoms with Gasteiger partial charge in [-0.3, -0.25) is 0 Å². The van der Waals surface area contributed by atoms with Crippen LogP contribution in [0.1, 0.15) is 52.9 Å². The first-order chi connectivity index (χ1) is 6.96. The summed E-state index contributed by atoms with van der Waals surface area (Å²) in [5, 5.41) is 3.46. The third-order valence-corrected chi connectivity index (χ3v) is 3.70. The van der Waals surface area contributed by atoms with Gasteiger partial charge >= 0.3 is 0 Å². The van der Waals surface area contributed by atoms with Crippen molar-refractivity contribution in [3.63, 3.8) is 0 Å². The molecule has 92 valence electrons. The molecule has 2 nitrogen and oxygen atoms in total. The summed E-state index contributed by atoms with van der Waals surface area (Å²) in [6, 6.07) is 0.587. The highest BCUT2D eigenvalue weighted by Crippen LogP contribution is 2.20. The smallest absolute Gasteiger partial charge is 0.0300 e. The van der Waals surface area contributed by atoms with Gasteiger partial charge in [-0.1, -0.05) is 32.6 Å². The number of nitrogens with one attached hydrogen (secondary N) is 1. The predicted molar refractivity (Wildman–Crippen MR) is 69.4 cm³/mol. The maximum absolute atomic E-state index is 3.46. The molecule has 1 N–H and O–H groups in total. The van der Waals surface area contributed by atoms with E-state index in [0.717, 1.165) is 0 Å². The molecule has 0 radical (unpaired) electrons. The van der Waals surface area contributed by atoms with Gasteiger partial charge in [-0.25, -0.2) is 0 Å². The summed E-state index contributed by atoms with van der Waals surface area (Å²) in [6.45, 7) is 6.89. The van der Waals surface area contributed by atoms with Crippen molar-refractivity contribution >= 4 is 0 Å². The Morgan fingerprint density at radius 3 is 2.13 bits per heavy atom. The van der Waals surface area contributed by atoms with E-state index in [4.69, 9.17) is 0 Å². The lowest BCUT2D eigenvalue weighted by Crippen LogP contribution is -2.54. The van der Waals surface area contributed by atoms with Crippen LogP contribution in [0.5, 0.6) is 0 Å². The zero-order chi connectivity index (χ0) is 11.9. The Labute approximate surface area is 96.4 Å². The van der Waals surface area contributed by atoms with Gasteiger partial charge in [0.05, 0.1) is 0 Å². The van der Waals surface area contributed by atoms with E-state index in [9.17, 15) is 0 Å². The molecule has 0 saturated carbocycles. The maximum atomic E-state index is 3.46. The van der Waals surface area contributed by atoms with Crippen molar-refractivity contribution < 1.29 is 0 Å². The minimum atomic E-state index is 0.237. The summed E-state index contributed by atoms with van der Waals surface area (Å²) in [5.41, 5.74) is 0.237. The van der Waals surface area contributed by atoms with Gasteiger partial charge < -0.3 is 10.2 Å². The Kier molecular flexibility index (Phi) is 7.20. The summed E-state index contributed by atoms with van der Waals surface area (Å²) in [6.07, 6.45) is 6.69. The third kappa shape index (κ3) is 4.98. The predicted octanol–water partition coefficient (Wildman–Crippen LogP) is 2.89. The lowest BCUT2D eigenvalue weighted by molar-refractivity contribution is 0.135. The topological polar surface area (TPSA) is 15.3 Å². The number of hydrogen-bond donors (Lipinski definition) is 1. The monoisotopic (exact) mass is 214 g/mol. The number of unbranched alkanes of at least 4 members (excludes halogenated alkanes) is 3. The molecule has 0 aromatic carbocycles. The first kappa shape index (κ1) is 14.9. The standard InChI is InChI=1S/C13H30N2/c1-7-8-9-10-11-12(14-4)13(2,3)15(5)6/h12,14H,7-11H2,1-6H3. The Hall–Kier alpha value is -0.0800. The molecule has 0 aromatic heterocycles. The summed E-state index contributed by atoms with van der Waals surface area (Å²) >= 11 is 0. The van der Waals surface area contributed by atoms with Crippen LogP contribution in [0.3, 0.4) is 0 Å². The van der Waals surface area contributed by atoms with Crippen molar-refractivity contribution in [2.75, 3.05) is 21.1 Å². The fraction of sp³-hybridized carbons (Fsp3) is 1.00. The number of rotatable bonds is 8. The second kappa shape index (κ2) is 7.24. The van der Waals surface area contributed by atoms with Crippen molar-refractivity contribution in [2.45, 2.75) is 64.5 Å². The van der Waals surface area contributed by atoms with Crippen molar-refractivity contribution in [1.82, 2.24) is 10.2 Å². The normalized spacial score (nSPS) is 14.6. The lowest BCUT2D eigenvalue weighted by atomic mass is 9.89. The van der Waals surface area contributed by atoms with E-state index in [-0.39, 0.29) is 5.54 Å². The molecule has 0 aliphatic heterocycles. The molecule has 0 bridgehead atoms. The average molecular weight is 214 g/mol. The number of nitrogens with zero attached hydrogens (tertiary/aromatic N) is 1. The van der Waals surface area contributed by atoms with E-state index in [1.807, 2.05) is 0 Å². The Morgan fingerprint density at radius 1 is 1.13 bits per heavy atom. The summed E-state index contributed by atoms with van der Waals surface area (Å²) in [5.74, 6) is 0. The van der Waals surface area contributed by atoms with E-state index in [2.05, 4.69) is 52.1 Å². The van der Waals surface area contributed by atoms with Crippen molar-refractivity contribution in [3.05, 3.63) is 0 Å². The van der Waals surface area contributed by atoms with E-state index in [1.54, 1.807) is 0 Å². The molecular formula is C13H30N2. The van der Waals surface area contributed by atoms with Crippen LogP contribution in [0.2, 0.25) is 0 Å². The van der Waals surface area contributed by atoms with Crippen LogP contribution in [-0.2, 0) is 0 Å². The Morgan fingerprint density at radius 2 is 1.73 bits per heavy atom. The van der Waals surface area contributed by atoms with Gasteiger partial charge in [-0.05, 0) is 41.4 Å². The SMILES string of the molecule is CCCCCCC(NC)C(C)(C)N(C)C. The van der Waals surface area contributed by atoms with E-state index < -0.39 is 0 Å². The van der Waals surface area contributed by atoms with E-state index in [1.165, 1.54) is 32.1 Å². The summed E-state index contributed by atoms with van der Waals surface area (Å²) in [7, 11) is 6.41. The van der Waals surface area contributed by atoms with Crippen LogP contribution < -0.4 is 5.32 Å². The molecule has 0 heterocycles. The number of likely N-dealkylation sites (N-methyl/N-ethyl adjacent to an activating group) is 2. The highest BCUT2D eigenvalue weighted by Gasteiger charge is 2.29. The average Bonchev–Trinajstić information content (AvgIpc) is 2.17. The maximum Gasteiger partial charge on any atom is 0.0300 e. The first-order valence-electron chi connectivity index (χ1n) is 6.31. The Bertz CT molecular complexity index is 153. The second-order valence-electron chi connectivity index (χ2n) is 5.24. The third-order valence-electron chi connectivity index (χ3n) is 3.70. The van der Waals surface area contributed by atoms with Crippen molar-refractivity contribution in [3.8, 4) is 0 Å². The molecule has 0 aliphatic rings. The molecule has 0 saturated heterocycles. The summed E-state index contributed by atoms with van der Waals surface area (Å²) < 4.78 is 0. The lowest BCUT2D eigenvalue weighted by Gasteiger charge is -2.40. The molecule has 1 atom stereocenters. The van der Waals surface area contributed by atoms with Crippen LogP contribution in [0.15, 0.2) is 0 Å². The minimum absolute atomic E-state index is 0.237. The fourth-order valence-corrected chi connectivity index (χ4v) is 1.94. The zero-order valence-corrected chi connectivity index (χ0v) is 11.6. The molecule has 0 rings (SSSR count). The van der Waals surface area contributed by atoms with E-state index >= 15 is 0 Å². The second-order valence-corrected chi connectivity index (χ2v) is 5.24. The van der Waals surface area contributed by atoms with Gasteiger partial charge in [-0.15, -0.1) is 0 Å². The van der Waals surface area contributed by atoms with Gasteiger partial charge in [0.2, 0.25) is 0 Å². The minimum Gasteiger partial charge on any atom is -0.315 e. The highest BCUT2D eigenvalue weighted by molar-refractivity contribution is 4.90. The van der Waals surface area contributed by atoms with Crippen LogP contribution >= 0.6 is 0 Å².